The molecule has 13 heavy (non-hydrogen) atoms. The summed E-state index contributed by atoms with van der Waals surface area (Å²) in [5.41, 5.74) is 0. The summed E-state index contributed by atoms with van der Waals surface area (Å²) in [6.07, 6.45) is 1.20. The summed E-state index contributed by atoms with van der Waals surface area (Å²) in [7, 11) is 2.16. The maximum atomic E-state index is 8.65. The molecule has 1 aliphatic heterocycles. The van der Waals surface area contributed by atoms with E-state index in [1.807, 2.05) is 0 Å². The molecule has 0 aromatic rings. The summed E-state index contributed by atoms with van der Waals surface area (Å²) in [4.78, 5) is 4.63. The Morgan fingerprint density at radius 3 is 2.69 bits per heavy atom. The zero-order valence-corrected chi connectivity index (χ0v) is 8.82. The van der Waals surface area contributed by atoms with Crippen LogP contribution >= 0.6 is 0 Å². The molecule has 1 heterocycles. The van der Waals surface area contributed by atoms with Crippen molar-refractivity contribution in [2.45, 2.75) is 32.4 Å². The molecular formula is C10H19N3. The number of likely N-dealkylation sites (N-methyl/N-ethyl adjacent to an activating group) is 2. The fourth-order valence-corrected chi connectivity index (χ4v) is 2.02. The maximum absolute atomic E-state index is 8.65. The highest BCUT2D eigenvalue weighted by Gasteiger charge is 2.29. The second-order valence-electron chi connectivity index (χ2n) is 3.90. The molecule has 1 saturated heterocycles. The fourth-order valence-electron chi connectivity index (χ4n) is 2.02. The first kappa shape index (κ1) is 10.5. The Balaban J connectivity index is 2.48. The van der Waals surface area contributed by atoms with Crippen LogP contribution in [0.15, 0.2) is 0 Å². The molecule has 3 nitrogen and oxygen atoms in total. The lowest BCUT2D eigenvalue weighted by Gasteiger charge is -2.24. The van der Waals surface area contributed by atoms with Gasteiger partial charge < -0.3 is 4.90 Å². The van der Waals surface area contributed by atoms with Gasteiger partial charge in [0, 0.05) is 18.6 Å². The fraction of sp³-hybridized carbons (Fsp3) is 0.900. The third-order valence-corrected chi connectivity index (χ3v) is 3.06. The molecule has 0 aromatic heterocycles. The first-order chi connectivity index (χ1) is 6.19. The van der Waals surface area contributed by atoms with Gasteiger partial charge in [-0.2, -0.15) is 5.26 Å². The van der Waals surface area contributed by atoms with Gasteiger partial charge >= 0.3 is 0 Å². The van der Waals surface area contributed by atoms with Crippen LogP contribution in [0.5, 0.6) is 0 Å². The first-order valence-electron chi connectivity index (χ1n) is 5.00. The highest BCUT2D eigenvalue weighted by atomic mass is 15.3. The highest BCUT2D eigenvalue weighted by Crippen LogP contribution is 2.19. The van der Waals surface area contributed by atoms with Crippen LogP contribution in [-0.2, 0) is 0 Å². The predicted molar refractivity (Wildman–Crippen MR) is 53.4 cm³/mol. The van der Waals surface area contributed by atoms with Crippen LogP contribution in [0, 0.1) is 11.3 Å². The van der Waals surface area contributed by atoms with Gasteiger partial charge in [0.25, 0.3) is 0 Å². The molecule has 0 spiro atoms. The second kappa shape index (κ2) is 4.59. The number of hydrogen-bond donors (Lipinski definition) is 0. The van der Waals surface area contributed by atoms with Crippen LogP contribution in [0.25, 0.3) is 0 Å². The number of likely N-dealkylation sites (tertiary alicyclic amines) is 1. The smallest absolute Gasteiger partial charge is 0.0868 e. The number of hydrogen-bond acceptors (Lipinski definition) is 3. The largest absolute Gasteiger partial charge is 0.302 e. The van der Waals surface area contributed by atoms with Crippen LogP contribution in [0.3, 0.4) is 0 Å². The topological polar surface area (TPSA) is 30.3 Å². The molecule has 0 amide bonds. The van der Waals surface area contributed by atoms with Crippen molar-refractivity contribution in [1.82, 2.24) is 9.80 Å². The van der Waals surface area contributed by atoms with Crippen molar-refractivity contribution in [3.8, 4) is 6.07 Å². The SMILES string of the molecule is CCN(CC#N)C1CC(C)N(C)C1. The van der Waals surface area contributed by atoms with Gasteiger partial charge in [0.2, 0.25) is 0 Å². The highest BCUT2D eigenvalue weighted by molar-refractivity contribution is 4.89. The monoisotopic (exact) mass is 181 g/mol. The van der Waals surface area contributed by atoms with E-state index in [9.17, 15) is 0 Å². The second-order valence-corrected chi connectivity index (χ2v) is 3.90. The van der Waals surface area contributed by atoms with Crippen molar-refractivity contribution in [1.29, 1.82) is 5.26 Å². The molecule has 0 aliphatic carbocycles. The third-order valence-electron chi connectivity index (χ3n) is 3.06. The minimum atomic E-state index is 0.571. The first-order valence-corrected chi connectivity index (χ1v) is 5.00. The van der Waals surface area contributed by atoms with Gasteiger partial charge in [-0.3, -0.25) is 4.90 Å². The van der Waals surface area contributed by atoms with E-state index in [4.69, 9.17) is 5.26 Å². The predicted octanol–water partition coefficient (Wildman–Crippen LogP) is 0.924. The van der Waals surface area contributed by atoms with E-state index >= 15 is 0 Å². The van der Waals surface area contributed by atoms with Crippen LogP contribution < -0.4 is 0 Å². The molecule has 2 atom stereocenters. The van der Waals surface area contributed by atoms with Gasteiger partial charge in [-0.1, -0.05) is 6.92 Å². The Labute approximate surface area is 80.9 Å². The van der Waals surface area contributed by atoms with Gasteiger partial charge in [0.15, 0.2) is 0 Å². The number of rotatable bonds is 3. The quantitative estimate of drug-likeness (QED) is 0.607. The van der Waals surface area contributed by atoms with Gasteiger partial charge in [0.05, 0.1) is 12.6 Å². The molecule has 0 bridgehead atoms. The van der Waals surface area contributed by atoms with Crippen molar-refractivity contribution >= 4 is 0 Å². The molecule has 74 valence electrons. The molecule has 0 saturated carbocycles. The van der Waals surface area contributed by atoms with E-state index < -0.39 is 0 Å². The summed E-state index contributed by atoms with van der Waals surface area (Å²) in [6.45, 7) is 7.04. The third kappa shape index (κ3) is 2.43. The van der Waals surface area contributed by atoms with E-state index in [0.29, 0.717) is 18.6 Å². The van der Waals surface area contributed by atoms with Crippen molar-refractivity contribution in [2.24, 2.45) is 0 Å². The van der Waals surface area contributed by atoms with Crippen molar-refractivity contribution in [3.63, 3.8) is 0 Å². The van der Waals surface area contributed by atoms with Crippen LogP contribution in [0.4, 0.5) is 0 Å². The number of nitrogens with zero attached hydrogens (tertiary/aromatic N) is 3. The number of nitriles is 1. The molecule has 1 rings (SSSR count). The van der Waals surface area contributed by atoms with E-state index in [2.05, 4.69) is 36.8 Å². The Bertz CT molecular complexity index is 187. The molecule has 2 unspecified atom stereocenters. The summed E-state index contributed by atoms with van der Waals surface area (Å²) in [5.74, 6) is 0. The molecule has 0 N–H and O–H groups in total. The van der Waals surface area contributed by atoms with Crippen LogP contribution in [0.1, 0.15) is 20.3 Å². The Hall–Kier alpha value is -0.590. The summed E-state index contributed by atoms with van der Waals surface area (Å²) < 4.78 is 0. The van der Waals surface area contributed by atoms with Gasteiger partial charge in [-0.15, -0.1) is 0 Å². The molecule has 0 radical (unpaired) electrons. The van der Waals surface area contributed by atoms with Crippen molar-refractivity contribution in [2.75, 3.05) is 26.7 Å². The zero-order valence-electron chi connectivity index (χ0n) is 8.82. The van der Waals surface area contributed by atoms with Crippen molar-refractivity contribution in [3.05, 3.63) is 0 Å². The van der Waals surface area contributed by atoms with E-state index in [-0.39, 0.29) is 0 Å². The van der Waals surface area contributed by atoms with Crippen molar-refractivity contribution < 1.29 is 0 Å². The summed E-state index contributed by atoms with van der Waals surface area (Å²) >= 11 is 0. The summed E-state index contributed by atoms with van der Waals surface area (Å²) in [6, 6.07) is 3.48. The maximum Gasteiger partial charge on any atom is 0.0868 e. The molecule has 3 heteroatoms. The Morgan fingerprint density at radius 1 is 1.62 bits per heavy atom. The minimum Gasteiger partial charge on any atom is -0.302 e. The molecule has 1 aliphatic rings. The van der Waals surface area contributed by atoms with Gasteiger partial charge in [-0.05, 0) is 26.9 Å². The molecular weight excluding hydrogens is 162 g/mol. The normalized spacial score (nSPS) is 29.5. The summed E-state index contributed by atoms with van der Waals surface area (Å²) in [5, 5.41) is 8.65. The lowest BCUT2D eigenvalue weighted by molar-refractivity contribution is 0.231. The van der Waals surface area contributed by atoms with E-state index in [1.165, 1.54) is 6.42 Å². The van der Waals surface area contributed by atoms with Gasteiger partial charge in [-0.25, -0.2) is 0 Å². The van der Waals surface area contributed by atoms with Gasteiger partial charge in [0.1, 0.15) is 0 Å². The lowest BCUT2D eigenvalue weighted by atomic mass is 10.1. The van der Waals surface area contributed by atoms with Crippen LogP contribution in [0.2, 0.25) is 0 Å². The zero-order chi connectivity index (χ0) is 9.84. The van der Waals surface area contributed by atoms with E-state index in [1.54, 1.807) is 0 Å². The standard InChI is InChI=1S/C10H19N3/c1-4-13(6-5-11)10-7-9(2)12(3)8-10/h9-10H,4,6-8H2,1-3H3. The van der Waals surface area contributed by atoms with Crippen LogP contribution in [-0.4, -0.2) is 48.6 Å². The Kier molecular flexibility index (Phi) is 3.71. The average Bonchev–Trinajstić information content (AvgIpc) is 2.43. The molecule has 1 fully saturated rings. The lowest BCUT2D eigenvalue weighted by Crippen LogP contribution is -2.37. The average molecular weight is 181 g/mol. The molecule has 0 aromatic carbocycles. The Morgan fingerprint density at radius 2 is 2.31 bits per heavy atom. The van der Waals surface area contributed by atoms with E-state index in [0.717, 1.165) is 13.1 Å². The minimum absolute atomic E-state index is 0.571.